The number of benzene rings is 1. The Morgan fingerprint density at radius 1 is 1.31 bits per heavy atom. The molecule has 1 saturated carbocycles. The highest BCUT2D eigenvalue weighted by molar-refractivity contribution is 9.10. The van der Waals surface area contributed by atoms with Crippen LogP contribution in [0.5, 0.6) is 0 Å². The Bertz CT molecular complexity index is 298. The first-order valence-corrected chi connectivity index (χ1v) is 5.38. The molecule has 70 valence electrons. The highest BCUT2D eigenvalue weighted by Gasteiger charge is 2.40. The van der Waals surface area contributed by atoms with E-state index in [4.69, 9.17) is 0 Å². The van der Waals surface area contributed by atoms with Crippen LogP contribution in [-0.2, 0) is 5.60 Å². The number of aliphatic hydroxyl groups is 1. The third kappa shape index (κ3) is 1.79. The lowest BCUT2D eigenvalue weighted by atomic mass is 9.91. The Hall–Kier alpha value is -0.340. The molecular weight excluding hydrogens is 228 g/mol. The van der Waals surface area contributed by atoms with E-state index in [0.29, 0.717) is 5.92 Å². The zero-order valence-electron chi connectivity index (χ0n) is 7.63. The van der Waals surface area contributed by atoms with Crippen LogP contribution in [0.15, 0.2) is 28.7 Å². The normalized spacial score (nSPS) is 21.2. The van der Waals surface area contributed by atoms with Crippen molar-refractivity contribution in [2.24, 2.45) is 5.92 Å². The van der Waals surface area contributed by atoms with Crippen LogP contribution in [0, 0.1) is 5.92 Å². The van der Waals surface area contributed by atoms with E-state index in [9.17, 15) is 5.11 Å². The Kier molecular flexibility index (Phi) is 2.20. The van der Waals surface area contributed by atoms with Gasteiger partial charge in [-0.2, -0.15) is 0 Å². The summed E-state index contributed by atoms with van der Waals surface area (Å²) in [7, 11) is 0. The largest absolute Gasteiger partial charge is 0.385 e. The van der Waals surface area contributed by atoms with Gasteiger partial charge in [-0.3, -0.25) is 0 Å². The van der Waals surface area contributed by atoms with Crippen molar-refractivity contribution in [3.05, 3.63) is 34.3 Å². The molecule has 0 aliphatic heterocycles. The molecule has 2 rings (SSSR count). The van der Waals surface area contributed by atoms with Crippen LogP contribution < -0.4 is 0 Å². The van der Waals surface area contributed by atoms with E-state index in [1.807, 2.05) is 31.2 Å². The maximum absolute atomic E-state index is 10.2. The molecule has 1 N–H and O–H groups in total. The number of rotatable bonds is 2. The predicted molar refractivity (Wildman–Crippen MR) is 56.4 cm³/mol. The topological polar surface area (TPSA) is 20.2 Å². The van der Waals surface area contributed by atoms with E-state index in [2.05, 4.69) is 15.9 Å². The lowest BCUT2D eigenvalue weighted by Crippen LogP contribution is -2.23. The molecule has 0 saturated heterocycles. The van der Waals surface area contributed by atoms with Crippen LogP contribution in [0.25, 0.3) is 0 Å². The molecule has 0 spiro atoms. The molecular formula is C11H13BrO. The van der Waals surface area contributed by atoms with Gasteiger partial charge < -0.3 is 5.11 Å². The summed E-state index contributed by atoms with van der Waals surface area (Å²) < 4.78 is 1.06. The first-order valence-electron chi connectivity index (χ1n) is 4.59. The third-order valence-electron chi connectivity index (χ3n) is 2.80. The van der Waals surface area contributed by atoms with Crippen molar-refractivity contribution in [3.8, 4) is 0 Å². The standard InChI is InChI=1S/C11H13BrO/c1-11(13,8-2-3-8)9-4-6-10(12)7-5-9/h4-8,13H,2-3H2,1H3/t11-/m1/s1. The van der Waals surface area contributed by atoms with Gasteiger partial charge in [-0.15, -0.1) is 0 Å². The second-order valence-electron chi connectivity index (χ2n) is 3.93. The lowest BCUT2D eigenvalue weighted by Gasteiger charge is -2.23. The van der Waals surface area contributed by atoms with Crippen LogP contribution in [0.2, 0.25) is 0 Å². The molecule has 1 aromatic rings. The molecule has 2 heteroatoms. The average Bonchev–Trinajstić information content (AvgIpc) is 2.87. The van der Waals surface area contributed by atoms with E-state index >= 15 is 0 Å². The Morgan fingerprint density at radius 3 is 2.31 bits per heavy atom. The smallest absolute Gasteiger partial charge is 0.0896 e. The van der Waals surface area contributed by atoms with Gasteiger partial charge in [0, 0.05) is 4.47 Å². The second-order valence-corrected chi connectivity index (χ2v) is 4.84. The molecule has 1 nitrogen and oxygen atoms in total. The maximum atomic E-state index is 10.2. The third-order valence-corrected chi connectivity index (χ3v) is 3.33. The van der Waals surface area contributed by atoms with Gasteiger partial charge in [-0.25, -0.2) is 0 Å². The van der Waals surface area contributed by atoms with E-state index in [1.54, 1.807) is 0 Å². The van der Waals surface area contributed by atoms with Crippen LogP contribution >= 0.6 is 15.9 Å². The summed E-state index contributed by atoms with van der Waals surface area (Å²) >= 11 is 3.38. The van der Waals surface area contributed by atoms with E-state index in [1.165, 1.54) is 0 Å². The van der Waals surface area contributed by atoms with Gasteiger partial charge in [0.05, 0.1) is 5.60 Å². The van der Waals surface area contributed by atoms with Gasteiger partial charge in [-0.1, -0.05) is 28.1 Å². The van der Waals surface area contributed by atoms with E-state index in [0.717, 1.165) is 22.9 Å². The van der Waals surface area contributed by atoms with Crippen molar-refractivity contribution >= 4 is 15.9 Å². The number of hydrogen-bond acceptors (Lipinski definition) is 1. The molecule has 0 radical (unpaired) electrons. The molecule has 0 bridgehead atoms. The zero-order valence-corrected chi connectivity index (χ0v) is 9.21. The average molecular weight is 241 g/mol. The minimum Gasteiger partial charge on any atom is -0.385 e. The van der Waals surface area contributed by atoms with Gasteiger partial charge in [0.2, 0.25) is 0 Å². The van der Waals surface area contributed by atoms with Crippen molar-refractivity contribution < 1.29 is 5.11 Å². The van der Waals surface area contributed by atoms with Gasteiger partial charge >= 0.3 is 0 Å². The highest BCUT2D eigenvalue weighted by atomic mass is 79.9. The van der Waals surface area contributed by atoms with Crippen molar-refractivity contribution in [1.82, 2.24) is 0 Å². The SMILES string of the molecule is C[C@](O)(c1ccc(Br)cc1)C1CC1. The van der Waals surface area contributed by atoms with Crippen molar-refractivity contribution in [2.75, 3.05) is 0 Å². The molecule has 0 unspecified atom stereocenters. The quantitative estimate of drug-likeness (QED) is 0.843. The second kappa shape index (κ2) is 3.10. The van der Waals surface area contributed by atoms with Gasteiger partial charge in [0.1, 0.15) is 0 Å². The van der Waals surface area contributed by atoms with Crippen LogP contribution in [0.4, 0.5) is 0 Å². The molecule has 13 heavy (non-hydrogen) atoms. The fraction of sp³-hybridized carbons (Fsp3) is 0.455. The fourth-order valence-corrected chi connectivity index (χ4v) is 1.93. The van der Waals surface area contributed by atoms with Crippen molar-refractivity contribution in [2.45, 2.75) is 25.4 Å². The first kappa shape index (κ1) is 9.22. The number of hydrogen-bond donors (Lipinski definition) is 1. The minimum atomic E-state index is -0.624. The molecule has 1 atom stereocenters. The van der Waals surface area contributed by atoms with Crippen molar-refractivity contribution in [3.63, 3.8) is 0 Å². The molecule has 1 aliphatic rings. The fourth-order valence-electron chi connectivity index (χ4n) is 1.67. The first-order chi connectivity index (χ1) is 6.10. The highest BCUT2D eigenvalue weighted by Crippen LogP contribution is 2.45. The van der Waals surface area contributed by atoms with E-state index in [-0.39, 0.29) is 0 Å². The van der Waals surface area contributed by atoms with Crippen molar-refractivity contribution in [1.29, 1.82) is 0 Å². The summed E-state index contributed by atoms with van der Waals surface area (Å²) in [6.45, 7) is 1.91. The molecule has 1 aromatic carbocycles. The molecule has 0 heterocycles. The lowest BCUT2D eigenvalue weighted by molar-refractivity contribution is 0.0331. The summed E-state index contributed by atoms with van der Waals surface area (Å²) in [5.74, 6) is 0.466. The molecule has 0 aromatic heterocycles. The monoisotopic (exact) mass is 240 g/mol. The Morgan fingerprint density at radius 2 is 1.85 bits per heavy atom. The molecule has 1 fully saturated rings. The summed E-state index contributed by atoms with van der Waals surface area (Å²) in [5, 5.41) is 10.2. The number of halogens is 1. The van der Waals surface area contributed by atoms with Crippen LogP contribution in [0.3, 0.4) is 0 Å². The van der Waals surface area contributed by atoms with Gasteiger partial charge in [0.15, 0.2) is 0 Å². The summed E-state index contributed by atoms with van der Waals surface area (Å²) in [6, 6.07) is 7.93. The van der Waals surface area contributed by atoms with Gasteiger partial charge in [-0.05, 0) is 43.4 Å². The Labute approximate surface area is 86.9 Å². The zero-order chi connectivity index (χ0) is 9.47. The summed E-state index contributed by atoms with van der Waals surface area (Å²) in [5.41, 5.74) is 0.402. The predicted octanol–water partition coefficient (Wildman–Crippen LogP) is 3.07. The summed E-state index contributed by atoms with van der Waals surface area (Å²) in [6.07, 6.45) is 2.31. The van der Waals surface area contributed by atoms with Gasteiger partial charge in [0.25, 0.3) is 0 Å². The van der Waals surface area contributed by atoms with Crippen LogP contribution in [-0.4, -0.2) is 5.11 Å². The molecule has 0 amide bonds. The minimum absolute atomic E-state index is 0.466. The summed E-state index contributed by atoms with van der Waals surface area (Å²) in [4.78, 5) is 0. The Balaban J connectivity index is 2.28. The maximum Gasteiger partial charge on any atom is 0.0896 e. The molecule has 1 aliphatic carbocycles. The van der Waals surface area contributed by atoms with E-state index < -0.39 is 5.60 Å². The van der Waals surface area contributed by atoms with Crippen LogP contribution in [0.1, 0.15) is 25.3 Å².